The van der Waals surface area contributed by atoms with E-state index < -0.39 is 57.4 Å². The minimum absolute atomic E-state index is 0.0889. The molecule has 0 aliphatic heterocycles. The predicted octanol–water partition coefficient (Wildman–Crippen LogP) is 9.18. The summed E-state index contributed by atoms with van der Waals surface area (Å²) in [6, 6.07) is 0. The van der Waals surface area contributed by atoms with Crippen molar-refractivity contribution in [2.45, 2.75) is 174 Å². The van der Waals surface area contributed by atoms with E-state index in [0.717, 1.165) is 75.7 Å². The molecular formula is C50H84NO12P. The quantitative estimate of drug-likeness (QED) is 0.0143. The number of rotatable bonds is 38. The largest absolute Gasteiger partial charge is 0.756 e. The van der Waals surface area contributed by atoms with Gasteiger partial charge in [0, 0.05) is 25.7 Å². The first kappa shape index (κ1) is 58.9. The van der Waals surface area contributed by atoms with Crippen molar-refractivity contribution in [3.63, 3.8) is 0 Å². The van der Waals surface area contributed by atoms with Gasteiger partial charge in [0.1, 0.15) is 31.3 Å². The number of hydrogen-bond donors (Lipinski definition) is 3. The lowest BCUT2D eigenvalue weighted by Crippen LogP contribution is -2.37. The standard InChI is InChI=1S/C50H84NO12P/c1-8-10-22-29-43(52)30-24-18-16-17-19-25-31-45(53)46(54)32-28-36-49(55)59-39-44(40-61-64(57,58)60-38-37-51(5,6)7)62-50(56)35-27-21-15-13-12-14-20-26-34-48-42(4)41(3)47(63-48)33-23-11-9-2/h10,16-19,22,24-25,30-31,43-46,52-54H,8-9,11-15,20-21,23,26-29,32-40H2,1-7H3/b18-16+,19-17-,22-10-,30-24+,31-25-/t43-,44-,45+,46+/m1/s1. The first-order valence-electron chi connectivity index (χ1n) is 23.7. The highest BCUT2D eigenvalue weighted by atomic mass is 31.2. The van der Waals surface area contributed by atoms with Gasteiger partial charge in [0.2, 0.25) is 0 Å². The number of aliphatic hydroxyl groups excluding tert-OH is 3. The summed E-state index contributed by atoms with van der Waals surface area (Å²) in [6.07, 6.45) is 28.8. The van der Waals surface area contributed by atoms with Crippen molar-refractivity contribution in [2.24, 2.45) is 0 Å². The fraction of sp³-hybridized carbons (Fsp3) is 0.680. The zero-order valence-electron chi connectivity index (χ0n) is 40.3. The predicted molar refractivity (Wildman–Crippen MR) is 252 cm³/mol. The van der Waals surface area contributed by atoms with Crippen LogP contribution < -0.4 is 4.89 Å². The van der Waals surface area contributed by atoms with Crippen LogP contribution in [0, 0.1) is 13.8 Å². The van der Waals surface area contributed by atoms with Crippen LogP contribution in [0.25, 0.3) is 0 Å². The van der Waals surface area contributed by atoms with Gasteiger partial charge in [-0.1, -0.05) is 126 Å². The maximum absolute atomic E-state index is 12.8. The molecule has 5 atom stereocenters. The smallest absolute Gasteiger partial charge is 0.306 e. The van der Waals surface area contributed by atoms with Crippen molar-refractivity contribution in [3.8, 4) is 0 Å². The molecular weight excluding hydrogens is 838 g/mol. The average molecular weight is 922 g/mol. The zero-order valence-corrected chi connectivity index (χ0v) is 41.2. The Hall–Kier alpha value is -3.13. The number of quaternary nitrogens is 1. The Kier molecular flexibility index (Phi) is 32.3. The number of carbonyl (C=O) groups excluding carboxylic acids is 2. The summed E-state index contributed by atoms with van der Waals surface area (Å²) < 4.78 is 40.0. The lowest BCUT2D eigenvalue weighted by molar-refractivity contribution is -0.870. The van der Waals surface area contributed by atoms with E-state index in [2.05, 4.69) is 20.8 Å². The molecule has 0 aliphatic carbocycles. The van der Waals surface area contributed by atoms with Gasteiger partial charge in [-0.2, -0.15) is 0 Å². The number of likely N-dealkylation sites (N-methyl/N-ethyl adjacent to an activating group) is 1. The highest BCUT2D eigenvalue weighted by molar-refractivity contribution is 7.45. The maximum Gasteiger partial charge on any atom is 0.306 e. The van der Waals surface area contributed by atoms with Crippen LogP contribution in [-0.2, 0) is 45.5 Å². The number of aliphatic hydroxyl groups is 3. The van der Waals surface area contributed by atoms with Crippen LogP contribution in [0.5, 0.6) is 0 Å². The Balaban J connectivity index is 2.48. The Morgan fingerprint density at radius 3 is 1.89 bits per heavy atom. The molecule has 0 spiro atoms. The van der Waals surface area contributed by atoms with Gasteiger partial charge in [-0.25, -0.2) is 0 Å². The SMILES string of the molecule is CC/C=C\C[C@@H](O)/C=C/C=C/C=C\C=C/[C@H](O)[C@@H](O)CCCC(=O)OC[C@H](COP(=O)([O-])OCC[N+](C)(C)C)OC(=O)CCCCCCCCCCc1oc(CCCCC)c(C)c1C. The van der Waals surface area contributed by atoms with Crippen molar-refractivity contribution in [2.75, 3.05) is 47.5 Å². The molecule has 0 saturated heterocycles. The summed E-state index contributed by atoms with van der Waals surface area (Å²) in [5.74, 6) is 1.09. The fourth-order valence-corrected chi connectivity index (χ4v) is 7.20. The summed E-state index contributed by atoms with van der Waals surface area (Å²) in [5.41, 5.74) is 2.61. The Labute approximate surface area is 385 Å². The third kappa shape index (κ3) is 30.9. The number of unbranched alkanes of at least 4 members (excludes halogenated alkanes) is 9. The third-order valence-corrected chi connectivity index (χ3v) is 11.6. The molecule has 0 saturated carbocycles. The van der Waals surface area contributed by atoms with Crippen LogP contribution in [0.1, 0.15) is 146 Å². The Bertz CT molecular complexity index is 1610. The number of ether oxygens (including phenoxy) is 2. The summed E-state index contributed by atoms with van der Waals surface area (Å²) in [6.45, 7) is 7.89. The van der Waals surface area contributed by atoms with Crippen molar-refractivity contribution < 1.29 is 61.8 Å². The molecule has 1 rings (SSSR count). The number of phosphoric ester groups is 1. The molecule has 0 fully saturated rings. The zero-order chi connectivity index (χ0) is 47.6. The summed E-state index contributed by atoms with van der Waals surface area (Å²) in [5, 5.41) is 30.5. The van der Waals surface area contributed by atoms with Crippen LogP contribution in [0.3, 0.4) is 0 Å². The highest BCUT2D eigenvalue weighted by Crippen LogP contribution is 2.38. The van der Waals surface area contributed by atoms with Crippen LogP contribution >= 0.6 is 7.82 Å². The van der Waals surface area contributed by atoms with Gasteiger partial charge in [0.05, 0.1) is 46.1 Å². The second-order valence-electron chi connectivity index (χ2n) is 17.5. The molecule has 1 unspecified atom stereocenters. The molecule has 0 amide bonds. The number of aryl methyl sites for hydroxylation is 2. The van der Waals surface area contributed by atoms with E-state index in [1.54, 1.807) is 42.5 Å². The van der Waals surface area contributed by atoms with Crippen molar-refractivity contribution in [1.29, 1.82) is 0 Å². The first-order valence-corrected chi connectivity index (χ1v) is 25.1. The normalized spacial score (nSPS) is 15.5. The summed E-state index contributed by atoms with van der Waals surface area (Å²) in [4.78, 5) is 37.8. The third-order valence-electron chi connectivity index (χ3n) is 10.6. The van der Waals surface area contributed by atoms with Crippen LogP contribution in [-0.4, -0.2) is 104 Å². The van der Waals surface area contributed by atoms with E-state index in [9.17, 15) is 34.4 Å². The molecule has 366 valence electrons. The highest BCUT2D eigenvalue weighted by Gasteiger charge is 2.22. The molecule has 1 aromatic rings. The molecule has 0 aromatic carbocycles. The molecule has 14 heteroatoms. The van der Waals surface area contributed by atoms with Gasteiger partial charge in [-0.05, 0) is 69.9 Å². The number of esters is 2. The number of phosphoric acid groups is 1. The molecule has 0 bridgehead atoms. The minimum atomic E-state index is -4.73. The van der Waals surface area contributed by atoms with E-state index in [1.165, 1.54) is 36.5 Å². The van der Waals surface area contributed by atoms with E-state index >= 15 is 0 Å². The number of furan rings is 1. The molecule has 3 N–H and O–H groups in total. The Morgan fingerprint density at radius 1 is 0.719 bits per heavy atom. The van der Waals surface area contributed by atoms with E-state index in [0.29, 0.717) is 23.9 Å². The van der Waals surface area contributed by atoms with Crippen molar-refractivity contribution >= 4 is 19.8 Å². The Morgan fingerprint density at radius 2 is 1.28 bits per heavy atom. The summed E-state index contributed by atoms with van der Waals surface area (Å²) >= 11 is 0. The molecule has 1 aromatic heterocycles. The number of carbonyl (C=O) groups is 2. The van der Waals surface area contributed by atoms with E-state index in [-0.39, 0.29) is 32.3 Å². The van der Waals surface area contributed by atoms with Gasteiger partial charge < -0.3 is 47.6 Å². The first-order chi connectivity index (χ1) is 30.5. The molecule has 1 heterocycles. The van der Waals surface area contributed by atoms with Gasteiger partial charge >= 0.3 is 11.9 Å². The topological polar surface area (TPSA) is 185 Å². The van der Waals surface area contributed by atoms with Crippen LogP contribution in [0.15, 0.2) is 65.2 Å². The van der Waals surface area contributed by atoms with E-state index in [4.69, 9.17) is 22.9 Å². The minimum Gasteiger partial charge on any atom is -0.756 e. The second kappa shape index (κ2) is 35.1. The monoisotopic (exact) mass is 922 g/mol. The lowest BCUT2D eigenvalue weighted by atomic mass is 10.0. The second-order valence-corrected chi connectivity index (χ2v) is 19.0. The molecule has 0 radical (unpaired) electrons. The molecule has 64 heavy (non-hydrogen) atoms. The van der Waals surface area contributed by atoms with E-state index in [1.807, 2.05) is 40.2 Å². The number of nitrogens with zero attached hydrogens (tertiary/aromatic N) is 1. The maximum atomic E-state index is 12.8. The van der Waals surface area contributed by atoms with Crippen LogP contribution in [0.2, 0.25) is 0 Å². The average Bonchev–Trinajstić information content (AvgIpc) is 3.50. The van der Waals surface area contributed by atoms with Gasteiger partial charge in [0.15, 0.2) is 6.10 Å². The lowest BCUT2D eigenvalue weighted by Gasteiger charge is -2.28. The number of hydrogen-bond acceptors (Lipinski definition) is 12. The van der Waals surface area contributed by atoms with Gasteiger partial charge in [-0.3, -0.25) is 14.2 Å². The molecule has 0 aliphatic rings. The van der Waals surface area contributed by atoms with Gasteiger partial charge in [0.25, 0.3) is 7.82 Å². The summed E-state index contributed by atoms with van der Waals surface area (Å²) in [7, 11) is 0.943. The van der Waals surface area contributed by atoms with Gasteiger partial charge in [-0.15, -0.1) is 0 Å². The van der Waals surface area contributed by atoms with Crippen molar-refractivity contribution in [3.05, 3.63) is 83.4 Å². The molecule has 13 nitrogen and oxygen atoms in total. The number of allylic oxidation sites excluding steroid dienone is 7. The van der Waals surface area contributed by atoms with Crippen LogP contribution in [0.4, 0.5) is 0 Å². The van der Waals surface area contributed by atoms with Crippen molar-refractivity contribution in [1.82, 2.24) is 0 Å². The fourth-order valence-electron chi connectivity index (χ4n) is 6.47.